The van der Waals surface area contributed by atoms with E-state index in [0.29, 0.717) is 0 Å². The highest BCUT2D eigenvalue weighted by atomic mass is 16.3. The second-order valence-corrected chi connectivity index (χ2v) is 20.4. The van der Waals surface area contributed by atoms with Gasteiger partial charge in [-0.1, -0.05) is 190 Å². The Morgan fingerprint density at radius 3 is 1.82 bits per heavy atom. The molecule has 73 heavy (non-hydrogen) atoms. The number of fused-ring (bicyclic) bond motifs is 10. The fourth-order valence-corrected chi connectivity index (χ4v) is 11.1. The SMILES string of the molecule is CC(C)(C)c1ccc(N2c3cc4c(oc5ccccc54)c(-c4cc(-c5ccccc5)ccc4Nc4ccc(-c5ccccc5)cc4)c3[B]c3ccc4oc5cc6ccccc6cc5c4c32)c(-c2ccccc2)c1. The van der Waals surface area contributed by atoms with Gasteiger partial charge in [0, 0.05) is 49.9 Å². The van der Waals surface area contributed by atoms with Gasteiger partial charge in [-0.2, -0.15) is 0 Å². The molecule has 0 fully saturated rings. The normalized spacial score (nSPS) is 12.4. The number of hydrogen-bond donors (Lipinski definition) is 1. The van der Waals surface area contributed by atoms with E-state index in [9.17, 15) is 0 Å². The first-order valence-corrected chi connectivity index (χ1v) is 25.1. The molecule has 1 radical (unpaired) electrons. The summed E-state index contributed by atoms with van der Waals surface area (Å²) in [6.45, 7) is 6.88. The van der Waals surface area contributed by atoms with Gasteiger partial charge in [0.2, 0.25) is 0 Å². The predicted molar refractivity (Wildman–Crippen MR) is 308 cm³/mol. The molecule has 14 rings (SSSR count). The molecule has 1 aliphatic heterocycles. The second-order valence-electron chi connectivity index (χ2n) is 20.4. The molecule has 4 nitrogen and oxygen atoms in total. The third-order valence-corrected chi connectivity index (χ3v) is 14.8. The smallest absolute Gasteiger partial charge is 0.198 e. The summed E-state index contributed by atoms with van der Waals surface area (Å²) < 4.78 is 14.1. The van der Waals surface area contributed by atoms with Crippen molar-refractivity contribution in [3.05, 3.63) is 236 Å². The van der Waals surface area contributed by atoms with Crippen LogP contribution in [0.4, 0.5) is 28.4 Å². The second kappa shape index (κ2) is 16.8. The van der Waals surface area contributed by atoms with Gasteiger partial charge < -0.3 is 19.1 Å². The van der Waals surface area contributed by atoms with E-state index in [2.05, 4.69) is 269 Å². The van der Waals surface area contributed by atoms with E-state index in [-0.39, 0.29) is 5.41 Å². The summed E-state index contributed by atoms with van der Waals surface area (Å²) in [6, 6.07) is 83.0. The standard InChI is InChI=1S/C68H48BN2O2/c1-68(2,3)49-30-35-58(52(40-49)45-21-11-6-12-22-45)71-59-41-53-51-25-15-16-26-60(51)73-67(53)64(65(59)69-56-33-36-61-63(66(56)71)55-38-46-23-13-14-24-47(46)39-62(55)72-61)54-37-48(43-19-9-5-10-20-43)29-34-57(54)70-50-31-27-44(28-32-50)42-17-7-4-8-18-42/h4-41,70H,1-3H3. The van der Waals surface area contributed by atoms with Crippen LogP contribution in [0.25, 0.3) is 99.2 Å². The fraction of sp³-hybridized carbons (Fsp3) is 0.0588. The number of para-hydroxylation sites is 1. The van der Waals surface area contributed by atoms with Crippen LogP contribution in [-0.4, -0.2) is 7.28 Å². The molecule has 0 amide bonds. The van der Waals surface area contributed by atoms with Gasteiger partial charge in [0.05, 0.1) is 16.8 Å². The highest BCUT2D eigenvalue weighted by Gasteiger charge is 2.35. The minimum atomic E-state index is -0.0906. The number of hydrogen-bond acceptors (Lipinski definition) is 4. The minimum absolute atomic E-state index is 0.0906. The van der Waals surface area contributed by atoms with E-state index in [1.54, 1.807) is 0 Å². The number of rotatable bonds is 7. The zero-order valence-electron chi connectivity index (χ0n) is 40.8. The van der Waals surface area contributed by atoms with E-state index < -0.39 is 0 Å². The molecular formula is C68H48BN2O2. The van der Waals surface area contributed by atoms with Crippen LogP contribution in [-0.2, 0) is 5.41 Å². The Kier molecular flexibility index (Phi) is 9.84. The molecule has 1 aliphatic rings. The van der Waals surface area contributed by atoms with Crippen LogP contribution in [0.2, 0.25) is 0 Å². The molecule has 2 aromatic heterocycles. The summed E-state index contributed by atoms with van der Waals surface area (Å²) in [4.78, 5) is 2.53. The van der Waals surface area contributed by atoms with Crippen molar-refractivity contribution in [2.45, 2.75) is 26.2 Å². The van der Waals surface area contributed by atoms with Gasteiger partial charge in [0.25, 0.3) is 0 Å². The molecule has 1 N–H and O–H groups in total. The van der Waals surface area contributed by atoms with Gasteiger partial charge in [0.1, 0.15) is 22.3 Å². The summed E-state index contributed by atoms with van der Waals surface area (Å²) in [5.41, 5.74) is 20.8. The average molecular weight is 936 g/mol. The van der Waals surface area contributed by atoms with Crippen molar-refractivity contribution in [1.82, 2.24) is 0 Å². The number of anilines is 5. The van der Waals surface area contributed by atoms with Crippen molar-refractivity contribution in [3.63, 3.8) is 0 Å². The third-order valence-electron chi connectivity index (χ3n) is 14.8. The maximum absolute atomic E-state index is 7.17. The lowest BCUT2D eigenvalue weighted by atomic mass is 9.57. The molecule has 11 aromatic carbocycles. The van der Waals surface area contributed by atoms with Crippen LogP contribution in [0.15, 0.2) is 239 Å². The molecule has 0 atom stereocenters. The van der Waals surface area contributed by atoms with Crippen LogP contribution in [0.5, 0.6) is 0 Å². The Morgan fingerprint density at radius 1 is 0.438 bits per heavy atom. The van der Waals surface area contributed by atoms with E-state index in [0.717, 1.165) is 122 Å². The highest BCUT2D eigenvalue weighted by Crippen LogP contribution is 2.51. The van der Waals surface area contributed by atoms with Crippen molar-refractivity contribution in [2.24, 2.45) is 0 Å². The largest absolute Gasteiger partial charge is 0.456 e. The molecule has 0 saturated carbocycles. The Labute approximate surface area is 425 Å². The summed E-state index contributed by atoms with van der Waals surface area (Å²) in [6.07, 6.45) is 0. The predicted octanol–water partition coefficient (Wildman–Crippen LogP) is 17.8. The molecule has 0 saturated heterocycles. The molecule has 0 unspecified atom stereocenters. The lowest BCUT2D eigenvalue weighted by Crippen LogP contribution is -2.41. The van der Waals surface area contributed by atoms with Crippen LogP contribution >= 0.6 is 0 Å². The molecule has 3 heterocycles. The Morgan fingerprint density at radius 2 is 1.08 bits per heavy atom. The molecule has 13 aromatic rings. The lowest BCUT2D eigenvalue weighted by Gasteiger charge is -2.37. The average Bonchev–Trinajstić information content (AvgIpc) is 4.00. The van der Waals surface area contributed by atoms with Gasteiger partial charge in [-0.25, -0.2) is 0 Å². The van der Waals surface area contributed by atoms with Crippen molar-refractivity contribution in [2.75, 3.05) is 10.2 Å². The highest BCUT2D eigenvalue weighted by molar-refractivity contribution is 6.74. The lowest BCUT2D eigenvalue weighted by molar-refractivity contribution is 0.590. The van der Waals surface area contributed by atoms with Crippen molar-refractivity contribution < 1.29 is 8.83 Å². The van der Waals surface area contributed by atoms with Gasteiger partial charge in [-0.15, -0.1) is 0 Å². The Hall–Kier alpha value is -9.06. The topological polar surface area (TPSA) is 41.6 Å². The molecule has 0 bridgehead atoms. The van der Waals surface area contributed by atoms with Gasteiger partial charge in [-0.3, -0.25) is 0 Å². The first-order valence-electron chi connectivity index (χ1n) is 25.1. The van der Waals surface area contributed by atoms with Crippen LogP contribution in [0.3, 0.4) is 0 Å². The van der Waals surface area contributed by atoms with Crippen LogP contribution in [0.1, 0.15) is 26.3 Å². The fourth-order valence-electron chi connectivity index (χ4n) is 11.1. The number of nitrogens with zero attached hydrogens (tertiary/aromatic N) is 1. The summed E-state index contributed by atoms with van der Waals surface area (Å²) in [5, 5.41) is 10.5. The van der Waals surface area contributed by atoms with E-state index in [4.69, 9.17) is 8.83 Å². The zero-order valence-corrected chi connectivity index (χ0v) is 40.8. The number of benzene rings is 11. The number of furan rings is 2. The van der Waals surface area contributed by atoms with Gasteiger partial charge in [-0.05, 0) is 122 Å². The summed E-state index contributed by atoms with van der Waals surface area (Å²) in [7, 11) is 2.39. The van der Waals surface area contributed by atoms with E-state index >= 15 is 0 Å². The van der Waals surface area contributed by atoms with Crippen molar-refractivity contribution in [3.8, 4) is 44.5 Å². The minimum Gasteiger partial charge on any atom is -0.456 e. The van der Waals surface area contributed by atoms with Crippen LogP contribution < -0.4 is 21.1 Å². The Balaban J connectivity index is 1.09. The maximum atomic E-state index is 7.17. The maximum Gasteiger partial charge on any atom is 0.198 e. The van der Waals surface area contributed by atoms with E-state index in [1.165, 1.54) is 22.1 Å². The third kappa shape index (κ3) is 7.22. The molecule has 345 valence electrons. The molecule has 0 spiro atoms. The monoisotopic (exact) mass is 935 g/mol. The van der Waals surface area contributed by atoms with E-state index in [1.807, 2.05) is 0 Å². The molecular weight excluding hydrogens is 888 g/mol. The molecule has 5 heteroatoms. The van der Waals surface area contributed by atoms with Crippen molar-refractivity contribution in [1.29, 1.82) is 0 Å². The zero-order chi connectivity index (χ0) is 48.8. The van der Waals surface area contributed by atoms with Crippen LogP contribution in [0, 0.1) is 0 Å². The first-order chi connectivity index (χ1) is 35.8. The van der Waals surface area contributed by atoms with Crippen molar-refractivity contribution >= 4 is 101 Å². The quantitative estimate of drug-likeness (QED) is 0.162. The Bertz CT molecular complexity index is 4280. The first kappa shape index (κ1) is 42.8. The van der Waals surface area contributed by atoms with Gasteiger partial charge in [0.15, 0.2) is 7.28 Å². The van der Waals surface area contributed by atoms with Gasteiger partial charge >= 0.3 is 0 Å². The summed E-state index contributed by atoms with van der Waals surface area (Å²) >= 11 is 0. The summed E-state index contributed by atoms with van der Waals surface area (Å²) in [5.74, 6) is 0. The molecule has 0 aliphatic carbocycles. The number of nitrogens with one attached hydrogen (secondary N) is 1.